The van der Waals surface area contributed by atoms with Crippen LogP contribution in [0, 0.1) is 0 Å². The molecule has 0 aliphatic carbocycles. The predicted octanol–water partition coefficient (Wildman–Crippen LogP) is 4.32. The number of hydrogen-bond acceptors (Lipinski definition) is 7. The first-order chi connectivity index (χ1) is 23.3. The summed E-state index contributed by atoms with van der Waals surface area (Å²) >= 11 is 0. The predicted molar refractivity (Wildman–Crippen MR) is 190 cm³/mol. The topological polar surface area (TPSA) is 97.5 Å². The van der Waals surface area contributed by atoms with Gasteiger partial charge in [0.15, 0.2) is 0 Å². The van der Waals surface area contributed by atoms with Gasteiger partial charge in [0.25, 0.3) is 0 Å². The van der Waals surface area contributed by atoms with Crippen molar-refractivity contribution in [3.63, 3.8) is 0 Å². The fourth-order valence-corrected chi connectivity index (χ4v) is 6.21. The zero-order valence-corrected chi connectivity index (χ0v) is 28.4. The molecule has 2 aliphatic rings. The molecule has 48 heavy (non-hydrogen) atoms. The Bertz CT molecular complexity index is 1470. The molecule has 0 radical (unpaired) electrons. The van der Waals surface area contributed by atoms with E-state index in [1.807, 2.05) is 54.6 Å². The SMILES string of the molecule is CN(C)C(=O)CN1CCN(Cc2ccc(CCC(=O)NCCN3CCC(OC(=O)Nc4ccccc4-c4ccccc4)CC3)cc2)CC1. The molecule has 3 aromatic rings. The molecule has 3 aromatic carbocycles. The van der Waals surface area contributed by atoms with Gasteiger partial charge in [0.1, 0.15) is 6.10 Å². The van der Waals surface area contributed by atoms with Gasteiger partial charge in [-0.1, -0.05) is 72.8 Å². The Balaban J connectivity index is 0.927. The summed E-state index contributed by atoms with van der Waals surface area (Å²) in [5.41, 5.74) is 5.16. The number of anilines is 1. The highest BCUT2D eigenvalue weighted by molar-refractivity contribution is 5.91. The molecule has 2 aliphatic heterocycles. The highest BCUT2D eigenvalue weighted by atomic mass is 16.6. The largest absolute Gasteiger partial charge is 0.446 e. The summed E-state index contributed by atoms with van der Waals surface area (Å²) in [4.78, 5) is 45.8. The molecule has 2 saturated heterocycles. The minimum absolute atomic E-state index is 0.0652. The first kappa shape index (κ1) is 35.1. The Morgan fingerprint density at radius 1 is 0.771 bits per heavy atom. The van der Waals surface area contributed by atoms with E-state index in [1.54, 1.807) is 19.0 Å². The Labute approximate surface area is 285 Å². The number of piperazine rings is 1. The summed E-state index contributed by atoms with van der Waals surface area (Å²) in [5, 5.41) is 6.00. The van der Waals surface area contributed by atoms with E-state index >= 15 is 0 Å². The average Bonchev–Trinajstić information content (AvgIpc) is 3.10. The van der Waals surface area contributed by atoms with Crippen LogP contribution in [0.5, 0.6) is 0 Å². The summed E-state index contributed by atoms with van der Waals surface area (Å²) in [6.45, 7) is 8.16. The van der Waals surface area contributed by atoms with Crippen LogP contribution in [0.4, 0.5) is 10.5 Å². The third-order valence-electron chi connectivity index (χ3n) is 9.20. The van der Waals surface area contributed by atoms with Crippen molar-refractivity contribution in [1.29, 1.82) is 0 Å². The van der Waals surface area contributed by atoms with Gasteiger partial charge in [-0.05, 0) is 42.0 Å². The lowest BCUT2D eigenvalue weighted by Gasteiger charge is -2.34. The van der Waals surface area contributed by atoms with Crippen molar-refractivity contribution in [3.05, 3.63) is 90.0 Å². The molecular formula is C38H50N6O4. The molecule has 2 heterocycles. The van der Waals surface area contributed by atoms with Crippen LogP contribution in [0.25, 0.3) is 11.1 Å². The van der Waals surface area contributed by atoms with E-state index in [0.717, 1.165) is 87.6 Å². The molecule has 2 fully saturated rings. The van der Waals surface area contributed by atoms with E-state index < -0.39 is 6.09 Å². The van der Waals surface area contributed by atoms with Crippen LogP contribution in [0.1, 0.15) is 30.4 Å². The standard InChI is InChI=1S/C38H50N6O4/c1-41(2)37(46)29-44-26-24-43(25-27-44)28-31-14-12-30(13-15-31)16-17-36(45)39-20-23-42-21-18-33(19-22-42)48-38(47)40-35-11-7-6-10-34(35)32-8-4-3-5-9-32/h3-15,33H,16-29H2,1-2H3,(H,39,45)(H,40,47). The van der Waals surface area contributed by atoms with Crippen molar-refractivity contribution in [2.24, 2.45) is 0 Å². The molecule has 10 heteroatoms. The number of likely N-dealkylation sites (N-methyl/N-ethyl adjacent to an activating group) is 1. The van der Waals surface area contributed by atoms with Crippen molar-refractivity contribution >= 4 is 23.6 Å². The molecule has 0 saturated carbocycles. The van der Waals surface area contributed by atoms with Gasteiger partial charge in [0, 0.05) is 85.0 Å². The van der Waals surface area contributed by atoms with E-state index in [4.69, 9.17) is 4.74 Å². The number of amides is 3. The smallest absolute Gasteiger partial charge is 0.411 e. The Morgan fingerprint density at radius 3 is 2.12 bits per heavy atom. The van der Waals surface area contributed by atoms with Crippen LogP contribution < -0.4 is 10.6 Å². The minimum Gasteiger partial charge on any atom is -0.446 e. The molecule has 2 N–H and O–H groups in total. The number of carbonyl (C=O) groups excluding carboxylic acids is 3. The van der Waals surface area contributed by atoms with Crippen LogP contribution in [-0.4, -0.2) is 117 Å². The number of ether oxygens (including phenoxy) is 1. The Kier molecular flexibility index (Phi) is 13.0. The van der Waals surface area contributed by atoms with Crippen LogP contribution in [0.2, 0.25) is 0 Å². The summed E-state index contributed by atoms with van der Waals surface area (Å²) < 4.78 is 5.76. The number of para-hydroxylation sites is 1. The maximum Gasteiger partial charge on any atom is 0.411 e. The van der Waals surface area contributed by atoms with Gasteiger partial charge in [-0.25, -0.2) is 4.79 Å². The van der Waals surface area contributed by atoms with Crippen LogP contribution in [-0.2, 0) is 27.3 Å². The quantitative estimate of drug-likeness (QED) is 0.284. The maximum atomic E-state index is 12.7. The molecule has 0 bridgehead atoms. The summed E-state index contributed by atoms with van der Waals surface area (Å²) in [7, 11) is 3.60. The molecule has 0 spiro atoms. The lowest BCUT2D eigenvalue weighted by Crippen LogP contribution is -2.48. The van der Waals surface area contributed by atoms with Crippen molar-refractivity contribution in [1.82, 2.24) is 24.9 Å². The van der Waals surface area contributed by atoms with Gasteiger partial charge in [0.05, 0.1) is 12.2 Å². The number of carbonyl (C=O) groups is 3. The summed E-state index contributed by atoms with van der Waals surface area (Å²) in [5.74, 6) is 0.218. The third-order valence-corrected chi connectivity index (χ3v) is 9.20. The van der Waals surface area contributed by atoms with Crippen molar-refractivity contribution in [3.8, 4) is 11.1 Å². The zero-order valence-electron chi connectivity index (χ0n) is 28.4. The normalized spacial score (nSPS) is 16.3. The molecule has 256 valence electrons. The van der Waals surface area contributed by atoms with E-state index in [1.165, 1.54) is 5.56 Å². The highest BCUT2D eigenvalue weighted by Gasteiger charge is 2.23. The second-order valence-corrected chi connectivity index (χ2v) is 13.0. The highest BCUT2D eigenvalue weighted by Crippen LogP contribution is 2.28. The molecule has 0 aromatic heterocycles. The first-order valence-corrected chi connectivity index (χ1v) is 17.2. The molecule has 5 rings (SSSR count). The number of rotatable bonds is 13. The number of benzene rings is 3. The number of nitrogens with one attached hydrogen (secondary N) is 2. The van der Waals surface area contributed by atoms with Gasteiger partial charge in [-0.2, -0.15) is 0 Å². The number of aryl methyl sites for hydroxylation is 1. The van der Waals surface area contributed by atoms with Gasteiger partial charge >= 0.3 is 6.09 Å². The third kappa shape index (κ3) is 10.9. The van der Waals surface area contributed by atoms with Gasteiger partial charge in [-0.3, -0.25) is 24.7 Å². The Hall–Kier alpha value is -4.25. The van der Waals surface area contributed by atoms with Crippen molar-refractivity contribution in [2.45, 2.75) is 38.3 Å². The molecule has 10 nitrogen and oxygen atoms in total. The average molecular weight is 655 g/mol. The second kappa shape index (κ2) is 17.8. The Morgan fingerprint density at radius 2 is 1.42 bits per heavy atom. The molecule has 3 amide bonds. The van der Waals surface area contributed by atoms with Crippen LogP contribution in [0.15, 0.2) is 78.9 Å². The second-order valence-electron chi connectivity index (χ2n) is 13.0. The monoisotopic (exact) mass is 654 g/mol. The number of likely N-dealkylation sites (tertiary alicyclic amines) is 1. The van der Waals surface area contributed by atoms with Crippen molar-refractivity contribution in [2.75, 3.05) is 78.3 Å². The lowest BCUT2D eigenvalue weighted by atomic mass is 10.0. The van der Waals surface area contributed by atoms with Crippen LogP contribution >= 0.6 is 0 Å². The number of nitrogens with zero attached hydrogens (tertiary/aromatic N) is 4. The van der Waals surface area contributed by atoms with Crippen LogP contribution in [0.3, 0.4) is 0 Å². The van der Waals surface area contributed by atoms with Gasteiger partial charge < -0.3 is 19.9 Å². The molecule has 0 atom stereocenters. The fourth-order valence-electron chi connectivity index (χ4n) is 6.21. The van der Waals surface area contributed by atoms with Gasteiger partial charge in [0.2, 0.25) is 11.8 Å². The number of piperidine rings is 1. The van der Waals surface area contributed by atoms with E-state index in [2.05, 4.69) is 49.6 Å². The van der Waals surface area contributed by atoms with Gasteiger partial charge in [-0.15, -0.1) is 0 Å². The fraction of sp³-hybridized carbons (Fsp3) is 0.447. The maximum absolute atomic E-state index is 12.7. The number of hydrogen-bond donors (Lipinski definition) is 2. The summed E-state index contributed by atoms with van der Waals surface area (Å²) in [6, 6.07) is 26.3. The van der Waals surface area contributed by atoms with E-state index in [-0.39, 0.29) is 17.9 Å². The van der Waals surface area contributed by atoms with E-state index in [9.17, 15) is 14.4 Å². The minimum atomic E-state index is -0.428. The van der Waals surface area contributed by atoms with E-state index in [0.29, 0.717) is 25.9 Å². The molecular weight excluding hydrogens is 604 g/mol. The van der Waals surface area contributed by atoms with Crippen molar-refractivity contribution < 1.29 is 19.1 Å². The first-order valence-electron chi connectivity index (χ1n) is 17.2. The summed E-state index contributed by atoms with van der Waals surface area (Å²) in [6.07, 6.45) is 2.16. The zero-order chi connectivity index (χ0) is 33.7. The lowest BCUT2D eigenvalue weighted by molar-refractivity contribution is -0.130. The molecule has 0 unspecified atom stereocenters.